The van der Waals surface area contributed by atoms with Gasteiger partial charge in [-0.3, -0.25) is 0 Å². The lowest BCUT2D eigenvalue weighted by Gasteiger charge is -2.17. The van der Waals surface area contributed by atoms with Crippen molar-refractivity contribution in [3.05, 3.63) is 23.8 Å². The summed E-state index contributed by atoms with van der Waals surface area (Å²) >= 11 is 5.31. The van der Waals surface area contributed by atoms with E-state index in [-0.39, 0.29) is 0 Å². The maximum absolute atomic E-state index is 12.5. The lowest BCUT2D eigenvalue weighted by molar-refractivity contribution is 0.237. The van der Waals surface area contributed by atoms with Crippen LogP contribution in [0.4, 0.5) is 0 Å². The van der Waals surface area contributed by atoms with Gasteiger partial charge >= 0.3 is 6.80 Å². The van der Waals surface area contributed by atoms with Crippen molar-refractivity contribution in [2.24, 2.45) is 0 Å². The third-order valence-corrected chi connectivity index (χ3v) is 6.34. The van der Waals surface area contributed by atoms with Gasteiger partial charge in [-0.05, 0) is 42.9 Å². The molecule has 1 rings (SSSR count). The Labute approximate surface area is 123 Å². The Morgan fingerprint density at radius 1 is 1.26 bits per heavy atom. The minimum absolute atomic E-state index is 0.332. The molecule has 19 heavy (non-hydrogen) atoms. The average Bonchev–Trinajstić information content (AvgIpc) is 2.39. The van der Waals surface area contributed by atoms with Crippen molar-refractivity contribution in [3.8, 4) is 5.75 Å². The van der Waals surface area contributed by atoms with Gasteiger partial charge in [0.15, 0.2) is 0 Å². The Kier molecular flexibility index (Phi) is 7.32. The third-order valence-electron chi connectivity index (χ3n) is 2.20. The molecule has 0 aromatic heterocycles. The van der Waals surface area contributed by atoms with Crippen LogP contribution in [0.25, 0.3) is 0 Å². The second kappa shape index (κ2) is 8.22. The molecular formula is C12H19O4PS2. The zero-order chi connectivity index (χ0) is 14.3. The van der Waals surface area contributed by atoms with E-state index < -0.39 is 6.80 Å². The van der Waals surface area contributed by atoms with E-state index in [4.69, 9.17) is 13.8 Å². The van der Waals surface area contributed by atoms with Gasteiger partial charge in [0.05, 0.1) is 25.2 Å². The maximum Gasteiger partial charge on any atom is 0.393 e. The van der Waals surface area contributed by atoms with Gasteiger partial charge in [-0.1, -0.05) is 6.07 Å². The van der Waals surface area contributed by atoms with Gasteiger partial charge in [0.25, 0.3) is 0 Å². The summed E-state index contributed by atoms with van der Waals surface area (Å²) < 4.78 is 28.3. The van der Waals surface area contributed by atoms with Gasteiger partial charge in [-0.2, -0.15) is 12.6 Å². The first kappa shape index (κ1) is 16.9. The smallest absolute Gasteiger partial charge is 0.393 e. The zero-order valence-corrected chi connectivity index (χ0v) is 13.9. The number of thiol groups is 1. The molecule has 1 aromatic carbocycles. The second-order valence-corrected chi connectivity index (χ2v) is 7.76. The molecule has 0 heterocycles. The van der Waals surface area contributed by atoms with E-state index in [1.54, 1.807) is 21.0 Å². The van der Waals surface area contributed by atoms with Crippen LogP contribution in [0, 0.1) is 0 Å². The fraction of sp³-hybridized carbons (Fsp3) is 0.500. The second-order valence-electron chi connectivity index (χ2n) is 3.52. The highest BCUT2D eigenvalue weighted by Gasteiger charge is 2.27. The molecule has 0 amide bonds. The molecule has 0 aliphatic heterocycles. The van der Waals surface area contributed by atoms with Crippen molar-refractivity contribution in [1.82, 2.24) is 0 Å². The average molecular weight is 322 g/mol. The van der Waals surface area contributed by atoms with Crippen molar-refractivity contribution in [1.29, 1.82) is 0 Å². The Hall–Kier alpha value is -0.130. The van der Waals surface area contributed by atoms with E-state index >= 15 is 0 Å². The number of methoxy groups -OCH3 is 1. The lowest BCUT2D eigenvalue weighted by atomic mass is 10.2. The predicted octanol–water partition coefficient (Wildman–Crippen LogP) is 4.40. The third kappa shape index (κ3) is 5.04. The number of rotatable bonds is 8. The Balaban J connectivity index is 3.03. The summed E-state index contributed by atoms with van der Waals surface area (Å²) in [6.45, 7) is 1.04. The van der Waals surface area contributed by atoms with Crippen molar-refractivity contribution in [2.45, 2.75) is 24.5 Å². The monoisotopic (exact) mass is 322 g/mol. The quantitative estimate of drug-likeness (QED) is 0.568. The summed E-state index contributed by atoms with van der Waals surface area (Å²) in [4.78, 5) is 0.735. The summed E-state index contributed by atoms with van der Waals surface area (Å²) in [5.74, 6) is 1.25. The van der Waals surface area contributed by atoms with Gasteiger partial charge in [0, 0.05) is 5.75 Å². The van der Waals surface area contributed by atoms with Crippen LogP contribution in [0.15, 0.2) is 23.1 Å². The molecule has 0 fully saturated rings. The normalized spacial score (nSPS) is 11.6. The van der Waals surface area contributed by atoms with Crippen LogP contribution in [0.3, 0.4) is 0 Å². The van der Waals surface area contributed by atoms with Crippen LogP contribution in [0.5, 0.6) is 5.75 Å². The van der Waals surface area contributed by atoms with Gasteiger partial charge < -0.3 is 13.8 Å². The minimum atomic E-state index is -3.20. The van der Waals surface area contributed by atoms with E-state index in [0.29, 0.717) is 24.7 Å². The highest BCUT2D eigenvalue weighted by molar-refractivity contribution is 8.55. The van der Waals surface area contributed by atoms with Gasteiger partial charge in [0.1, 0.15) is 5.75 Å². The largest absolute Gasteiger partial charge is 0.496 e. The number of benzene rings is 1. The number of hydrogen-bond acceptors (Lipinski definition) is 6. The Bertz CT molecular complexity index is 443. The first-order chi connectivity index (χ1) is 9.08. The van der Waals surface area contributed by atoms with Crippen LogP contribution >= 0.6 is 30.8 Å². The van der Waals surface area contributed by atoms with Crippen LogP contribution < -0.4 is 4.74 Å². The molecule has 1 aromatic rings. The summed E-state index contributed by atoms with van der Waals surface area (Å²) in [6.07, 6.45) is 0. The molecule has 0 unspecified atom stereocenters. The molecule has 0 spiro atoms. The molecule has 7 heteroatoms. The van der Waals surface area contributed by atoms with E-state index in [0.717, 1.165) is 21.8 Å². The molecule has 0 saturated heterocycles. The van der Waals surface area contributed by atoms with Crippen LogP contribution in [0.2, 0.25) is 0 Å². The SMILES string of the molecule is CCOP(=O)(OCC)Sc1cc(CS)ccc1OC. The zero-order valence-electron chi connectivity index (χ0n) is 11.3. The van der Waals surface area contributed by atoms with Crippen molar-refractivity contribution in [3.63, 3.8) is 0 Å². The molecule has 0 aliphatic carbocycles. The molecule has 0 bridgehead atoms. The number of hydrogen-bond donors (Lipinski definition) is 1. The molecule has 0 N–H and O–H groups in total. The molecule has 0 aliphatic rings. The fourth-order valence-corrected chi connectivity index (χ4v) is 5.21. The van der Waals surface area contributed by atoms with Crippen molar-refractivity contribution >= 4 is 30.8 Å². The van der Waals surface area contributed by atoms with E-state index in [9.17, 15) is 4.57 Å². The molecule has 108 valence electrons. The maximum atomic E-state index is 12.5. The Morgan fingerprint density at radius 3 is 2.37 bits per heavy atom. The van der Waals surface area contributed by atoms with Gasteiger partial charge in [-0.15, -0.1) is 0 Å². The standard InChI is InChI=1S/C12H19O4PS2/c1-4-15-17(13,16-5-2)19-12-8-10(9-18)6-7-11(12)14-3/h6-8,18H,4-5,9H2,1-3H3. The van der Waals surface area contributed by atoms with Crippen LogP contribution in [-0.4, -0.2) is 20.3 Å². The highest BCUT2D eigenvalue weighted by atomic mass is 32.7. The van der Waals surface area contributed by atoms with Crippen molar-refractivity contribution < 1.29 is 18.3 Å². The summed E-state index contributed by atoms with van der Waals surface area (Å²) in [5.41, 5.74) is 1.02. The summed E-state index contributed by atoms with van der Waals surface area (Å²) in [6, 6.07) is 5.64. The topological polar surface area (TPSA) is 44.8 Å². The molecule has 0 saturated carbocycles. The number of ether oxygens (including phenoxy) is 1. The lowest BCUT2D eigenvalue weighted by Crippen LogP contribution is -1.94. The van der Waals surface area contributed by atoms with Crippen molar-refractivity contribution in [2.75, 3.05) is 20.3 Å². The molecule has 4 nitrogen and oxygen atoms in total. The minimum Gasteiger partial charge on any atom is -0.496 e. The summed E-state index contributed by atoms with van der Waals surface area (Å²) in [7, 11) is 1.58. The van der Waals surface area contributed by atoms with Gasteiger partial charge in [-0.25, -0.2) is 4.57 Å². The highest BCUT2D eigenvalue weighted by Crippen LogP contribution is 2.64. The Morgan fingerprint density at radius 2 is 1.89 bits per heavy atom. The molecular weight excluding hydrogens is 303 g/mol. The molecule has 0 radical (unpaired) electrons. The summed E-state index contributed by atoms with van der Waals surface area (Å²) in [5, 5.41) is 0. The first-order valence-electron chi connectivity index (χ1n) is 5.95. The first-order valence-corrected chi connectivity index (χ1v) is 9.54. The van der Waals surface area contributed by atoms with E-state index in [1.165, 1.54) is 0 Å². The van der Waals surface area contributed by atoms with Crippen LogP contribution in [-0.2, 0) is 19.4 Å². The fourth-order valence-electron chi connectivity index (χ4n) is 1.42. The van der Waals surface area contributed by atoms with Gasteiger partial charge in [0.2, 0.25) is 0 Å². The van der Waals surface area contributed by atoms with E-state index in [2.05, 4.69) is 12.6 Å². The van der Waals surface area contributed by atoms with Crippen LogP contribution in [0.1, 0.15) is 19.4 Å². The van der Waals surface area contributed by atoms with E-state index in [1.807, 2.05) is 18.2 Å². The predicted molar refractivity (Wildman–Crippen MR) is 82.4 cm³/mol. The molecule has 0 atom stereocenters.